The SMILES string of the molecule is CCc1cccc(CC)c1NC(=O)CSc1nnc(-c2cccc(Cl)c2)n1CC. The summed E-state index contributed by atoms with van der Waals surface area (Å²) in [5.74, 6) is 0.984. The second-order valence-corrected chi connectivity index (χ2v) is 7.93. The van der Waals surface area contributed by atoms with Gasteiger partial charge in [-0.15, -0.1) is 10.2 Å². The number of aryl methyl sites for hydroxylation is 2. The Bertz CT molecular complexity index is 980. The molecule has 0 aliphatic rings. The predicted molar refractivity (Wildman–Crippen MR) is 121 cm³/mol. The lowest BCUT2D eigenvalue weighted by atomic mass is 10.0. The van der Waals surface area contributed by atoms with E-state index in [1.54, 1.807) is 0 Å². The third-order valence-electron chi connectivity index (χ3n) is 4.71. The zero-order chi connectivity index (χ0) is 20.8. The average molecular weight is 429 g/mol. The highest BCUT2D eigenvalue weighted by Gasteiger charge is 2.16. The van der Waals surface area contributed by atoms with Crippen LogP contribution in [0.15, 0.2) is 47.6 Å². The van der Waals surface area contributed by atoms with Crippen molar-refractivity contribution in [1.29, 1.82) is 0 Å². The van der Waals surface area contributed by atoms with E-state index in [4.69, 9.17) is 11.6 Å². The maximum atomic E-state index is 12.6. The van der Waals surface area contributed by atoms with Gasteiger partial charge in [0.1, 0.15) is 0 Å². The monoisotopic (exact) mass is 428 g/mol. The predicted octanol–water partition coefficient (Wildman–Crippen LogP) is 5.47. The third-order valence-corrected chi connectivity index (χ3v) is 5.91. The van der Waals surface area contributed by atoms with Gasteiger partial charge in [-0.3, -0.25) is 4.79 Å². The molecule has 2 aromatic carbocycles. The molecule has 0 aliphatic carbocycles. The number of rotatable bonds is 8. The molecule has 0 spiro atoms. The van der Waals surface area contributed by atoms with Crippen LogP contribution in [0, 0.1) is 0 Å². The van der Waals surface area contributed by atoms with Crippen LogP contribution in [0.3, 0.4) is 0 Å². The van der Waals surface area contributed by atoms with E-state index in [9.17, 15) is 4.79 Å². The largest absolute Gasteiger partial charge is 0.325 e. The standard InChI is InChI=1S/C22H25ClN4OS/c1-4-15-9-7-10-16(5-2)20(15)24-19(28)14-29-22-26-25-21(27(22)6-3)17-11-8-12-18(23)13-17/h7-13H,4-6,14H2,1-3H3,(H,24,28). The van der Waals surface area contributed by atoms with Gasteiger partial charge in [-0.05, 0) is 43.0 Å². The fourth-order valence-corrected chi connectivity index (χ4v) is 4.22. The number of carbonyl (C=O) groups excluding carboxylic acids is 1. The van der Waals surface area contributed by atoms with Crippen molar-refractivity contribution in [2.45, 2.75) is 45.3 Å². The van der Waals surface area contributed by atoms with E-state index in [1.165, 1.54) is 11.8 Å². The second kappa shape index (κ2) is 9.94. The van der Waals surface area contributed by atoms with Gasteiger partial charge in [0.2, 0.25) is 5.91 Å². The Morgan fingerprint density at radius 3 is 2.38 bits per heavy atom. The molecule has 152 valence electrons. The number of amides is 1. The van der Waals surface area contributed by atoms with Crippen LogP contribution in [-0.2, 0) is 24.2 Å². The number of para-hydroxylation sites is 1. The number of nitrogens with zero attached hydrogens (tertiary/aromatic N) is 3. The lowest BCUT2D eigenvalue weighted by Gasteiger charge is -2.14. The first-order valence-electron chi connectivity index (χ1n) is 9.79. The van der Waals surface area contributed by atoms with Gasteiger partial charge in [0.15, 0.2) is 11.0 Å². The minimum Gasteiger partial charge on any atom is -0.325 e. The van der Waals surface area contributed by atoms with E-state index in [0.29, 0.717) is 11.6 Å². The van der Waals surface area contributed by atoms with Crippen molar-refractivity contribution in [1.82, 2.24) is 14.8 Å². The van der Waals surface area contributed by atoms with Crippen molar-refractivity contribution in [3.8, 4) is 11.4 Å². The number of halogens is 1. The zero-order valence-electron chi connectivity index (χ0n) is 16.9. The fraction of sp³-hybridized carbons (Fsp3) is 0.318. The highest BCUT2D eigenvalue weighted by Crippen LogP contribution is 2.27. The number of nitrogens with one attached hydrogen (secondary N) is 1. The van der Waals surface area contributed by atoms with Gasteiger partial charge in [-0.1, -0.05) is 67.5 Å². The summed E-state index contributed by atoms with van der Waals surface area (Å²) in [5, 5.41) is 13.1. The van der Waals surface area contributed by atoms with Crippen LogP contribution < -0.4 is 5.32 Å². The molecule has 0 saturated heterocycles. The number of carbonyl (C=O) groups is 1. The molecule has 0 atom stereocenters. The molecule has 0 bridgehead atoms. The van der Waals surface area contributed by atoms with Crippen molar-refractivity contribution < 1.29 is 4.79 Å². The Balaban J connectivity index is 1.73. The normalized spacial score (nSPS) is 10.9. The molecule has 3 aromatic rings. The van der Waals surface area contributed by atoms with Gasteiger partial charge in [0.05, 0.1) is 5.75 Å². The Labute approximate surface area is 180 Å². The maximum Gasteiger partial charge on any atom is 0.234 e. The van der Waals surface area contributed by atoms with Gasteiger partial charge < -0.3 is 9.88 Å². The molecule has 0 radical (unpaired) electrons. The van der Waals surface area contributed by atoms with Crippen LogP contribution in [0.25, 0.3) is 11.4 Å². The van der Waals surface area contributed by atoms with Crippen LogP contribution >= 0.6 is 23.4 Å². The summed E-state index contributed by atoms with van der Waals surface area (Å²) in [6, 6.07) is 13.7. The minimum atomic E-state index is -0.0411. The van der Waals surface area contributed by atoms with Gasteiger partial charge in [0, 0.05) is 22.8 Å². The molecule has 1 aromatic heterocycles. The number of aromatic nitrogens is 3. The number of anilines is 1. The van der Waals surface area contributed by atoms with Crippen molar-refractivity contribution in [3.05, 3.63) is 58.6 Å². The molecule has 0 aliphatic heterocycles. The Morgan fingerprint density at radius 1 is 1.07 bits per heavy atom. The molecule has 7 heteroatoms. The number of thioether (sulfide) groups is 1. The van der Waals surface area contributed by atoms with Gasteiger partial charge >= 0.3 is 0 Å². The highest BCUT2D eigenvalue weighted by atomic mass is 35.5. The highest BCUT2D eigenvalue weighted by molar-refractivity contribution is 7.99. The van der Waals surface area contributed by atoms with Crippen molar-refractivity contribution >= 4 is 35.0 Å². The lowest BCUT2D eigenvalue weighted by molar-refractivity contribution is -0.113. The number of hydrogen-bond acceptors (Lipinski definition) is 4. The minimum absolute atomic E-state index is 0.0411. The summed E-state index contributed by atoms with van der Waals surface area (Å²) in [6.45, 7) is 6.94. The molecular weight excluding hydrogens is 404 g/mol. The summed E-state index contributed by atoms with van der Waals surface area (Å²) in [5.41, 5.74) is 4.16. The van der Waals surface area contributed by atoms with Crippen molar-refractivity contribution in [3.63, 3.8) is 0 Å². The van der Waals surface area contributed by atoms with Gasteiger partial charge in [-0.25, -0.2) is 0 Å². The van der Waals surface area contributed by atoms with E-state index in [1.807, 2.05) is 41.8 Å². The van der Waals surface area contributed by atoms with Crippen LogP contribution in [0.2, 0.25) is 5.02 Å². The third kappa shape index (κ3) is 5.00. The Kier molecular flexibility index (Phi) is 7.34. The van der Waals surface area contributed by atoms with Crippen molar-refractivity contribution in [2.75, 3.05) is 11.1 Å². The smallest absolute Gasteiger partial charge is 0.234 e. The summed E-state index contributed by atoms with van der Waals surface area (Å²) in [4.78, 5) is 12.6. The number of hydrogen-bond donors (Lipinski definition) is 1. The van der Waals surface area contributed by atoms with E-state index in [2.05, 4.69) is 41.5 Å². The summed E-state index contributed by atoms with van der Waals surface area (Å²) in [7, 11) is 0. The summed E-state index contributed by atoms with van der Waals surface area (Å²) < 4.78 is 2.00. The van der Waals surface area contributed by atoms with Gasteiger partial charge in [-0.2, -0.15) is 0 Å². The van der Waals surface area contributed by atoms with E-state index in [-0.39, 0.29) is 11.7 Å². The van der Waals surface area contributed by atoms with Crippen LogP contribution in [0.4, 0.5) is 5.69 Å². The summed E-state index contributed by atoms with van der Waals surface area (Å²) >= 11 is 7.50. The fourth-order valence-electron chi connectivity index (χ4n) is 3.23. The second-order valence-electron chi connectivity index (χ2n) is 6.56. The van der Waals surface area contributed by atoms with Crippen LogP contribution in [-0.4, -0.2) is 26.4 Å². The van der Waals surface area contributed by atoms with E-state index >= 15 is 0 Å². The Hall–Kier alpha value is -2.31. The maximum absolute atomic E-state index is 12.6. The molecular formula is C22H25ClN4OS. The molecule has 0 fully saturated rings. The van der Waals surface area contributed by atoms with Gasteiger partial charge in [0.25, 0.3) is 0 Å². The van der Waals surface area contributed by atoms with E-state index in [0.717, 1.165) is 46.2 Å². The molecule has 3 rings (SSSR count). The van der Waals surface area contributed by atoms with E-state index < -0.39 is 0 Å². The zero-order valence-corrected chi connectivity index (χ0v) is 18.5. The molecule has 0 saturated carbocycles. The molecule has 5 nitrogen and oxygen atoms in total. The molecule has 1 N–H and O–H groups in total. The quantitative estimate of drug-likeness (QED) is 0.483. The molecule has 0 unspecified atom stereocenters. The lowest BCUT2D eigenvalue weighted by Crippen LogP contribution is -2.17. The molecule has 1 amide bonds. The molecule has 29 heavy (non-hydrogen) atoms. The number of benzene rings is 2. The van der Waals surface area contributed by atoms with Crippen LogP contribution in [0.5, 0.6) is 0 Å². The van der Waals surface area contributed by atoms with Crippen LogP contribution in [0.1, 0.15) is 31.9 Å². The first kappa shape index (κ1) is 21.4. The first-order chi connectivity index (χ1) is 14.1. The average Bonchev–Trinajstić information content (AvgIpc) is 3.15. The molecule has 1 heterocycles. The first-order valence-corrected chi connectivity index (χ1v) is 11.2. The van der Waals surface area contributed by atoms with Crippen molar-refractivity contribution in [2.24, 2.45) is 0 Å². The summed E-state index contributed by atoms with van der Waals surface area (Å²) in [6.07, 6.45) is 1.76. The Morgan fingerprint density at radius 2 is 1.76 bits per heavy atom. The topological polar surface area (TPSA) is 59.8 Å².